The van der Waals surface area contributed by atoms with Crippen LogP contribution in [0.3, 0.4) is 0 Å². The number of esters is 2. The monoisotopic (exact) mass is 411 g/mol. The molecule has 1 aromatic heterocycles. The number of thioether (sulfide) groups is 1. The minimum absolute atomic E-state index is 0.0493. The van der Waals surface area contributed by atoms with Crippen molar-refractivity contribution < 1.29 is 23.9 Å². The fourth-order valence-corrected chi connectivity index (χ4v) is 3.49. The summed E-state index contributed by atoms with van der Waals surface area (Å²) in [6.07, 6.45) is 1.31. The molecule has 2 heterocycles. The number of ether oxygens (including phenoxy) is 2. The van der Waals surface area contributed by atoms with Gasteiger partial charge in [0, 0.05) is 17.7 Å². The molecule has 10 nitrogen and oxygen atoms in total. The van der Waals surface area contributed by atoms with Gasteiger partial charge in [-0.05, 0) is 20.3 Å². The predicted octanol–water partition coefficient (Wildman–Crippen LogP) is -0.173. The molecule has 1 saturated heterocycles. The number of aromatic nitrogens is 2. The van der Waals surface area contributed by atoms with Crippen molar-refractivity contribution >= 4 is 29.6 Å². The molecular weight excluding hydrogens is 390 g/mol. The maximum atomic E-state index is 11.9. The second-order valence-corrected chi connectivity index (χ2v) is 6.80. The molecule has 152 valence electrons. The lowest BCUT2D eigenvalue weighted by Crippen LogP contribution is -2.30. The van der Waals surface area contributed by atoms with Gasteiger partial charge in [-0.25, -0.2) is 9.59 Å². The van der Waals surface area contributed by atoms with Crippen LogP contribution >= 0.6 is 11.8 Å². The Morgan fingerprint density at radius 2 is 1.96 bits per heavy atom. The highest BCUT2D eigenvalue weighted by molar-refractivity contribution is 8.04. The van der Waals surface area contributed by atoms with E-state index in [4.69, 9.17) is 9.47 Å². The van der Waals surface area contributed by atoms with Gasteiger partial charge in [0.1, 0.15) is 6.61 Å². The third-order valence-electron chi connectivity index (χ3n) is 3.85. The molecule has 0 unspecified atom stereocenters. The van der Waals surface area contributed by atoms with E-state index in [0.717, 1.165) is 0 Å². The first-order valence-corrected chi connectivity index (χ1v) is 9.59. The summed E-state index contributed by atoms with van der Waals surface area (Å²) in [5.41, 5.74) is -0.437. The van der Waals surface area contributed by atoms with Crippen LogP contribution in [0.1, 0.15) is 24.6 Å². The Labute approximate surface area is 164 Å². The number of amides is 1. The van der Waals surface area contributed by atoms with Crippen LogP contribution in [0, 0.1) is 6.92 Å². The van der Waals surface area contributed by atoms with E-state index in [9.17, 15) is 24.0 Å². The molecule has 0 atom stereocenters. The molecule has 0 saturated carbocycles. The molecule has 1 aromatic rings. The minimum Gasteiger partial charge on any atom is -0.464 e. The number of aromatic amines is 2. The van der Waals surface area contributed by atoms with Gasteiger partial charge >= 0.3 is 17.6 Å². The summed E-state index contributed by atoms with van der Waals surface area (Å²) in [7, 11) is 0. The third kappa shape index (κ3) is 5.84. The van der Waals surface area contributed by atoms with Crippen molar-refractivity contribution in [2.75, 3.05) is 25.5 Å². The smallest absolute Gasteiger partial charge is 0.333 e. The van der Waals surface area contributed by atoms with E-state index in [1.165, 1.54) is 22.7 Å². The van der Waals surface area contributed by atoms with Gasteiger partial charge < -0.3 is 19.4 Å². The molecular formula is C17H21N3O7S. The largest absolute Gasteiger partial charge is 0.464 e. The van der Waals surface area contributed by atoms with Crippen molar-refractivity contribution in [1.29, 1.82) is 0 Å². The van der Waals surface area contributed by atoms with Gasteiger partial charge in [-0.1, -0.05) is 11.8 Å². The highest BCUT2D eigenvalue weighted by atomic mass is 32.2. The van der Waals surface area contributed by atoms with Crippen LogP contribution in [0.25, 0.3) is 0 Å². The van der Waals surface area contributed by atoms with Gasteiger partial charge in [-0.2, -0.15) is 0 Å². The molecule has 0 aliphatic carbocycles. The van der Waals surface area contributed by atoms with Gasteiger partial charge in [0.25, 0.3) is 5.56 Å². The van der Waals surface area contributed by atoms with Gasteiger partial charge in [-0.3, -0.25) is 19.4 Å². The Hall–Kier alpha value is -2.82. The van der Waals surface area contributed by atoms with E-state index in [-0.39, 0.29) is 44.3 Å². The average molecular weight is 411 g/mol. The van der Waals surface area contributed by atoms with Gasteiger partial charge in [-0.15, -0.1) is 0 Å². The molecule has 1 fully saturated rings. The Kier molecular flexibility index (Phi) is 7.61. The SMILES string of the molecule is CCOC(=O)C=C1SCC(=O)N1CCOC(=O)CCc1c(C)[nH]c(=O)[nH]c1=O. The molecule has 28 heavy (non-hydrogen) atoms. The first kappa shape index (κ1) is 21.5. The lowest BCUT2D eigenvalue weighted by atomic mass is 10.1. The average Bonchev–Trinajstić information content (AvgIpc) is 2.94. The van der Waals surface area contributed by atoms with Crippen LogP contribution < -0.4 is 11.2 Å². The molecule has 0 bridgehead atoms. The van der Waals surface area contributed by atoms with Crippen LogP contribution in [0.15, 0.2) is 20.7 Å². The van der Waals surface area contributed by atoms with Crippen molar-refractivity contribution in [1.82, 2.24) is 14.9 Å². The number of hydrogen-bond donors (Lipinski definition) is 2. The van der Waals surface area contributed by atoms with Crippen LogP contribution in [-0.4, -0.2) is 58.2 Å². The van der Waals surface area contributed by atoms with Crippen LogP contribution in [0.4, 0.5) is 0 Å². The molecule has 1 aliphatic rings. The molecule has 0 aromatic carbocycles. The molecule has 0 spiro atoms. The number of hydrogen-bond acceptors (Lipinski definition) is 8. The summed E-state index contributed by atoms with van der Waals surface area (Å²) < 4.78 is 9.94. The van der Waals surface area contributed by atoms with E-state index in [0.29, 0.717) is 16.3 Å². The minimum atomic E-state index is -0.603. The fraction of sp³-hybridized carbons (Fsp3) is 0.471. The summed E-state index contributed by atoms with van der Waals surface area (Å²) >= 11 is 1.21. The number of H-pyrrole nitrogens is 2. The zero-order chi connectivity index (χ0) is 20.7. The highest BCUT2D eigenvalue weighted by Gasteiger charge is 2.27. The molecule has 2 rings (SSSR count). The van der Waals surface area contributed by atoms with Crippen molar-refractivity contribution in [3.8, 4) is 0 Å². The summed E-state index contributed by atoms with van der Waals surface area (Å²) in [5, 5.41) is 0.454. The maximum absolute atomic E-state index is 11.9. The van der Waals surface area contributed by atoms with E-state index in [1.54, 1.807) is 13.8 Å². The predicted molar refractivity (Wildman–Crippen MR) is 101 cm³/mol. The number of rotatable bonds is 8. The lowest BCUT2D eigenvalue weighted by molar-refractivity contribution is -0.145. The van der Waals surface area contributed by atoms with Crippen molar-refractivity contribution in [2.45, 2.75) is 26.7 Å². The molecule has 2 N–H and O–H groups in total. The van der Waals surface area contributed by atoms with E-state index < -0.39 is 23.2 Å². The summed E-state index contributed by atoms with van der Waals surface area (Å²) in [4.78, 5) is 64.2. The van der Waals surface area contributed by atoms with Gasteiger partial charge in [0.05, 0.1) is 30.0 Å². The summed E-state index contributed by atoms with van der Waals surface area (Å²) in [6.45, 7) is 3.55. The Morgan fingerprint density at radius 1 is 1.21 bits per heavy atom. The third-order valence-corrected chi connectivity index (χ3v) is 4.88. The molecule has 1 amide bonds. The normalized spacial score (nSPS) is 15.1. The van der Waals surface area contributed by atoms with Gasteiger partial charge in [0.2, 0.25) is 5.91 Å². The number of aryl methyl sites for hydroxylation is 1. The number of nitrogens with one attached hydrogen (secondary N) is 2. The summed E-state index contributed by atoms with van der Waals surface area (Å²) in [6, 6.07) is 0. The van der Waals surface area contributed by atoms with Crippen LogP contribution in [0.2, 0.25) is 0 Å². The van der Waals surface area contributed by atoms with Crippen LogP contribution in [-0.2, 0) is 30.3 Å². The number of nitrogens with zero attached hydrogens (tertiary/aromatic N) is 1. The van der Waals surface area contributed by atoms with Crippen molar-refractivity contribution in [3.05, 3.63) is 43.2 Å². The standard InChI is InChI=1S/C17H21N3O7S/c1-3-26-15(23)8-13-20(12(21)9-28-13)6-7-27-14(22)5-4-11-10(2)18-17(25)19-16(11)24/h8H,3-7,9H2,1-2H3,(H2,18,19,24,25). The lowest BCUT2D eigenvalue weighted by Gasteiger charge is -2.16. The van der Waals surface area contributed by atoms with E-state index >= 15 is 0 Å². The molecule has 11 heteroatoms. The van der Waals surface area contributed by atoms with E-state index in [2.05, 4.69) is 9.97 Å². The first-order valence-electron chi connectivity index (χ1n) is 8.61. The van der Waals surface area contributed by atoms with Crippen molar-refractivity contribution in [3.63, 3.8) is 0 Å². The van der Waals surface area contributed by atoms with Crippen LogP contribution in [0.5, 0.6) is 0 Å². The Morgan fingerprint density at radius 3 is 2.64 bits per heavy atom. The maximum Gasteiger partial charge on any atom is 0.333 e. The number of carbonyl (C=O) groups is 3. The number of carbonyl (C=O) groups excluding carboxylic acids is 3. The molecule has 1 aliphatic heterocycles. The fourth-order valence-electron chi connectivity index (χ4n) is 2.53. The molecule has 0 radical (unpaired) electrons. The first-order chi connectivity index (χ1) is 13.3. The quantitative estimate of drug-likeness (QED) is 0.444. The highest BCUT2D eigenvalue weighted by Crippen LogP contribution is 2.28. The topological polar surface area (TPSA) is 139 Å². The van der Waals surface area contributed by atoms with Crippen molar-refractivity contribution in [2.24, 2.45) is 0 Å². The Bertz CT molecular complexity index is 903. The zero-order valence-electron chi connectivity index (χ0n) is 15.5. The summed E-state index contributed by atoms with van der Waals surface area (Å²) in [5.74, 6) is -1.07. The van der Waals surface area contributed by atoms with E-state index in [1.807, 2.05) is 0 Å². The second-order valence-electron chi connectivity index (χ2n) is 5.80. The Balaban J connectivity index is 1.84. The second kappa shape index (κ2) is 9.93. The van der Waals surface area contributed by atoms with Gasteiger partial charge in [0.15, 0.2) is 0 Å². The zero-order valence-corrected chi connectivity index (χ0v) is 16.3.